The number of hydrogen-bond donors (Lipinski definition) is 2. The van der Waals surface area contributed by atoms with Gasteiger partial charge in [-0.15, -0.1) is 0 Å². The van der Waals surface area contributed by atoms with Gasteiger partial charge in [-0.3, -0.25) is 9.97 Å². The maximum Gasteiger partial charge on any atom is 0.339 e. The van der Waals surface area contributed by atoms with E-state index >= 15 is 0 Å². The zero-order valence-corrected chi connectivity index (χ0v) is 10.4. The van der Waals surface area contributed by atoms with Crippen molar-refractivity contribution in [2.45, 2.75) is 0 Å². The van der Waals surface area contributed by atoms with E-state index in [-0.39, 0.29) is 5.56 Å². The molecule has 0 radical (unpaired) electrons. The molecule has 3 rings (SSSR count). The Morgan fingerprint density at radius 2 is 1.95 bits per heavy atom. The molecule has 0 aliphatic heterocycles. The van der Waals surface area contributed by atoms with Crippen molar-refractivity contribution < 1.29 is 9.90 Å². The summed E-state index contributed by atoms with van der Waals surface area (Å²) >= 11 is 0. The van der Waals surface area contributed by atoms with Gasteiger partial charge in [0.1, 0.15) is 5.56 Å². The molecule has 0 bridgehead atoms. The van der Waals surface area contributed by atoms with E-state index in [4.69, 9.17) is 0 Å². The summed E-state index contributed by atoms with van der Waals surface area (Å²) in [6, 6.07) is 11.0. The second kappa shape index (κ2) is 4.97. The van der Waals surface area contributed by atoms with Gasteiger partial charge < -0.3 is 10.4 Å². The highest BCUT2D eigenvalue weighted by Crippen LogP contribution is 2.28. The van der Waals surface area contributed by atoms with E-state index < -0.39 is 5.97 Å². The fourth-order valence-electron chi connectivity index (χ4n) is 2.02. The van der Waals surface area contributed by atoms with Crippen molar-refractivity contribution in [3.05, 3.63) is 60.6 Å². The number of aromatic carboxylic acids is 1. The third-order valence-corrected chi connectivity index (χ3v) is 2.94. The standard InChI is InChI=1S/C15H11N3O2/c19-15(20)12-9-17-13-6-2-1-5-11(13)14(12)18-10-4-3-7-16-8-10/h1-9H,(H,17,18)(H,19,20). The topological polar surface area (TPSA) is 75.1 Å². The van der Waals surface area contributed by atoms with Crippen LogP contribution in [0.3, 0.4) is 0 Å². The lowest BCUT2D eigenvalue weighted by Crippen LogP contribution is -2.04. The Labute approximate surface area is 114 Å². The Morgan fingerprint density at radius 1 is 1.10 bits per heavy atom. The van der Waals surface area contributed by atoms with E-state index in [1.165, 1.54) is 6.20 Å². The minimum atomic E-state index is -1.02. The van der Waals surface area contributed by atoms with Crippen LogP contribution < -0.4 is 5.32 Å². The molecule has 0 saturated heterocycles. The Balaban J connectivity index is 2.20. The lowest BCUT2D eigenvalue weighted by Gasteiger charge is -2.12. The van der Waals surface area contributed by atoms with E-state index in [2.05, 4.69) is 15.3 Å². The number of carbonyl (C=O) groups is 1. The highest BCUT2D eigenvalue weighted by molar-refractivity contribution is 6.05. The van der Waals surface area contributed by atoms with Crippen molar-refractivity contribution in [3.8, 4) is 0 Å². The van der Waals surface area contributed by atoms with Crippen molar-refractivity contribution in [1.29, 1.82) is 0 Å². The van der Waals surface area contributed by atoms with E-state index in [1.54, 1.807) is 18.5 Å². The summed E-state index contributed by atoms with van der Waals surface area (Å²) in [5.41, 5.74) is 2.12. The van der Waals surface area contributed by atoms with Crippen LogP contribution in [0.5, 0.6) is 0 Å². The molecule has 3 aromatic rings. The van der Waals surface area contributed by atoms with Gasteiger partial charge in [-0.1, -0.05) is 18.2 Å². The van der Waals surface area contributed by atoms with Crippen LogP contribution in [0.2, 0.25) is 0 Å². The zero-order chi connectivity index (χ0) is 13.9. The summed E-state index contributed by atoms with van der Waals surface area (Å²) in [7, 11) is 0. The molecular formula is C15H11N3O2. The van der Waals surface area contributed by atoms with Gasteiger partial charge in [-0.2, -0.15) is 0 Å². The molecule has 2 heterocycles. The number of nitrogens with zero attached hydrogens (tertiary/aromatic N) is 2. The lowest BCUT2D eigenvalue weighted by molar-refractivity contribution is 0.0697. The highest BCUT2D eigenvalue weighted by atomic mass is 16.4. The summed E-state index contributed by atoms with van der Waals surface area (Å²) in [4.78, 5) is 19.5. The van der Waals surface area contributed by atoms with E-state index in [0.29, 0.717) is 5.69 Å². The first-order valence-electron chi connectivity index (χ1n) is 6.04. The minimum Gasteiger partial charge on any atom is -0.478 e. The molecule has 0 fully saturated rings. The van der Waals surface area contributed by atoms with Gasteiger partial charge in [0, 0.05) is 17.8 Å². The maximum absolute atomic E-state index is 11.4. The van der Waals surface area contributed by atoms with Crippen LogP contribution in [0, 0.1) is 0 Å². The number of carboxylic acid groups (broad SMARTS) is 1. The molecule has 0 atom stereocenters. The SMILES string of the molecule is O=C(O)c1cnc2ccccc2c1Nc1cccnc1. The van der Waals surface area contributed by atoms with Crippen LogP contribution in [0.1, 0.15) is 10.4 Å². The van der Waals surface area contributed by atoms with E-state index in [9.17, 15) is 9.90 Å². The second-order valence-corrected chi connectivity index (χ2v) is 4.24. The molecule has 0 unspecified atom stereocenters. The van der Waals surface area contributed by atoms with Crippen LogP contribution >= 0.6 is 0 Å². The van der Waals surface area contributed by atoms with Gasteiger partial charge in [-0.05, 0) is 18.2 Å². The van der Waals surface area contributed by atoms with Gasteiger partial charge in [-0.25, -0.2) is 4.79 Å². The number of carboxylic acids is 1. The molecule has 0 saturated carbocycles. The molecule has 5 heteroatoms. The summed E-state index contributed by atoms with van der Waals surface area (Å²) in [6.45, 7) is 0. The predicted octanol–water partition coefficient (Wildman–Crippen LogP) is 3.07. The van der Waals surface area contributed by atoms with Gasteiger partial charge in [0.15, 0.2) is 0 Å². The maximum atomic E-state index is 11.4. The minimum absolute atomic E-state index is 0.132. The Bertz CT molecular complexity index is 772. The van der Waals surface area contributed by atoms with Gasteiger partial charge in [0.2, 0.25) is 0 Å². The second-order valence-electron chi connectivity index (χ2n) is 4.24. The van der Waals surface area contributed by atoms with Crippen LogP contribution in [0.4, 0.5) is 11.4 Å². The number of hydrogen-bond acceptors (Lipinski definition) is 4. The average molecular weight is 265 g/mol. The zero-order valence-electron chi connectivity index (χ0n) is 10.4. The molecule has 2 aromatic heterocycles. The molecule has 98 valence electrons. The summed E-state index contributed by atoms with van der Waals surface area (Å²) in [5.74, 6) is -1.02. The first kappa shape index (κ1) is 12.1. The Kier molecular flexibility index (Phi) is 3.01. The van der Waals surface area contributed by atoms with E-state index in [1.807, 2.05) is 30.3 Å². The van der Waals surface area contributed by atoms with Gasteiger partial charge in [0.25, 0.3) is 0 Å². The smallest absolute Gasteiger partial charge is 0.339 e. The Morgan fingerprint density at radius 3 is 2.70 bits per heavy atom. The van der Waals surface area contributed by atoms with Crippen molar-refractivity contribution in [3.63, 3.8) is 0 Å². The number of benzene rings is 1. The first-order chi connectivity index (χ1) is 9.75. The quantitative estimate of drug-likeness (QED) is 0.761. The van der Waals surface area contributed by atoms with Crippen LogP contribution in [0.15, 0.2) is 55.0 Å². The molecule has 0 aliphatic rings. The van der Waals surface area contributed by atoms with E-state index in [0.717, 1.165) is 16.6 Å². The number of nitrogens with one attached hydrogen (secondary N) is 1. The molecule has 0 spiro atoms. The molecule has 0 aliphatic carbocycles. The van der Waals surface area contributed by atoms with Crippen molar-refractivity contribution in [1.82, 2.24) is 9.97 Å². The molecule has 1 aromatic carbocycles. The Hall–Kier alpha value is -2.95. The van der Waals surface area contributed by atoms with Crippen molar-refractivity contribution >= 4 is 28.2 Å². The summed E-state index contributed by atoms with van der Waals surface area (Å²) < 4.78 is 0. The third-order valence-electron chi connectivity index (χ3n) is 2.94. The molecule has 20 heavy (non-hydrogen) atoms. The molecule has 0 amide bonds. The van der Waals surface area contributed by atoms with Crippen molar-refractivity contribution in [2.24, 2.45) is 0 Å². The fraction of sp³-hybridized carbons (Fsp3) is 0. The van der Waals surface area contributed by atoms with Crippen LogP contribution in [-0.4, -0.2) is 21.0 Å². The number of rotatable bonds is 3. The number of para-hydroxylation sites is 1. The van der Waals surface area contributed by atoms with Gasteiger partial charge >= 0.3 is 5.97 Å². The van der Waals surface area contributed by atoms with Crippen molar-refractivity contribution in [2.75, 3.05) is 5.32 Å². The molecule has 5 nitrogen and oxygen atoms in total. The monoisotopic (exact) mass is 265 g/mol. The number of fused-ring (bicyclic) bond motifs is 1. The normalized spacial score (nSPS) is 10.4. The summed E-state index contributed by atoms with van der Waals surface area (Å²) in [6.07, 6.45) is 4.66. The number of anilines is 2. The predicted molar refractivity (Wildman–Crippen MR) is 76.2 cm³/mol. The molecule has 2 N–H and O–H groups in total. The van der Waals surface area contributed by atoms with Crippen LogP contribution in [0.25, 0.3) is 10.9 Å². The van der Waals surface area contributed by atoms with Gasteiger partial charge in [0.05, 0.1) is 23.1 Å². The largest absolute Gasteiger partial charge is 0.478 e. The highest BCUT2D eigenvalue weighted by Gasteiger charge is 2.14. The lowest BCUT2D eigenvalue weighted by atomic mass is 10.1. The summed E-state index contributed by atoms with van der Waals surface area (Å²) in [5, 5.41) is 13.2. The number of pyridine rings is 2. The van der Waals surface area contributed by atoms with Crippen LogP contribution in [-0.2, 0) is 0 Å². The fourth-order valence-corrected chi connectivity index (χ4v) is 2.02. The third kappa shape index (κ3) is 2.16. The average Bonchev–Trinajstić information content (AvgIpc) is 2.48. The molecular weight excluding hydrogens is 254 g/mol. The number of aromatic nitrogens is 2. The first-order valence-corrected chi connectivity index (χ1v) is 6.04.